The molecule has 1 unspecified atom stereocenters. The summed E-state index contributed by atoms with van der Waals surface area (Å²) in [6.45, 7) is 5.48. The lowest BCUT2D eigenvalue weighted by atomic mass is 10.1. The van der Waals surface area contributed by atoms with Crippen LogP contribution < -0.4 is 15.4 Å². The summed E-state index contributed by atoms with van der Waals surface area (Å²) in [5.74, 6) is 2.52. The van der Waals surface area contributed by atoms with Crippen LogP contribution in [0.1, 0.15) is 30.7 Å². The van der Waals surface area contributed by atoms with Crippen molar-refractivity contribution in [1.29, 1.82) is 0 Å². The second-order valence-corrected chi connectivity index (χ2v) is 6.89. The van der Waals surface area contributed by atoms with Gasteiger partial charge in [-0.15, -0.1) is 24.0 Å². The summed E-state index contributed by atoms with van der Waals surface area (Å²) in [7, 11) is 5.82. The fraction of sp³-hybridized carbons (Fsp3) is 0.500. The summed E-state index contributed by atoms with van der Waals surface area (Å²) in [4.78, 5) is 6.95. The van der Waals surface area contributed by atoms with Gasteiger partial charge in [0.2, 0.25) is 0 Å². The van der Waals surface area contributed by atoms with Gasteiger partial charge in [0, 0.05) is 19.7 Å². The van der Waals surface area contributed by atoms with Crippen LogP contribution in [-0.4, -0.2) is 58.3 Å². The van der Waals surface area contributed by atoms with Crippen molar-refractivity contribution in [2.24, 2.45) is 4.99 Å². The third kappa shape index (κ3) is 9.36. The number of rotatable bonds is 12. The van der Waals surface area contributed by atoms with Gasteiger partial charge in [-0.1, -0.05) is 12.1 Å². The molecule has 1 atom stereocenters. The molecule has 0 aliphatic carbocycles. The van der Waals surface area contributed by atoms with Crippen LogP contribution in [0.25, 0.3) is 0 Å². The summed E-state index contributed by atoms with van der Waals surface area (Å²) in [5, 5.41) is 6.68. The SMILES string of the molecule is CCNC(=NCC(c1cccc(OC)c1)N(C)C)NCCCOCc1ccco1.I. The van der Waals surface area contributed by atoms with Gasteiger partial charge < -0.3 is 29.4 Å². The van der Waals surface area contributed by atoms with Crippen molar-refractivity contribution in [3.05, 3.63) is 54.0 Å². The maximum Gasteiger partial charge on any atom is 0.191 e. The number of ether oxygens (including phenoxy) is 2. The quantitative estimate of drug-likeness (QED) is 0.189. The predicted octanol–water partition coefficient (Wildman–Crippen LogP) is 3.67. The second kappa shape index (κ2) is 15.1. The number of guanidine groups is 1. The van der Waals surface area contributed by atoms with Gasteiger partial charge in [0.1, 0.15) is 18.1 Å². The molecule has 1 aromatic heterocycles. The standard InChI is InChI=1S/C22H34N4O3.HI/c1-5-23-22(24-12-8-13-28-17-20-11-7-14-29-20)25-16-21(26(2)3)18-9-6-10-19(15-18)27-4;/h6-7,9-11,14-15,21H,5,8,12-13,16-17H2,1-4H3,(H2,23,24,25);1H. The number of benzene rings is 1. The highest BCUT2D eigenvalue weighted by atomic mass is 127. The van der Waals surface area contributed by atoms with E-state index in [0.717, 1.165) is 37.0 Å². The summed E-state index contributed by atoms with van der Waals surface area (Å²) >= 11 is 0. The van der Waals surface area contributed by atoms with Crippen LogP contribution in [0.2, 0.25) is 0 Å². The topological polar surface area (TPSA) is 71.3 Å². The molecule has 8 heteroatoms. The molecule has 0 spiro atoms. The highest BCUT2D eigenvalue weighted by Crippen LogP contribution is 2.22. The van der Waals surface area contributed by atoms with Crippen LogP contribution in [0, 0.1) is 0 Å². The number of nitrogens with one attached hydrogen (secondary N) is 2. The van der Waals surface area contributed by atoms with E-state index in [0.29, 0.717) is 19.8 Å². The van der Waals surface area contributed by atoms with Crippen molar-refractivity contribution in [2.45, 2.75) is 26.0 Å². The summed E-state index contributed by atoms with van der Waals surface area (Å²) in [6.07, 6.45) is 2.55. The minimum atomic E-state index is 0. The largest absolute Gasteiger partial charge is 0.497 e. The Labute approximate surface area is 197 Å². The van der Waals surface area contributed by atoms with Gasteiger partial charge in [-0.05, 0) is 57.3 Å². The van der Waals surface area contributed by atoms with Gasteiger partial charge in [-0.25, -0.2) is 0 Å². The number of hydrogen-bond acceptors (Lipinski definition) is 5. The highest BCUT2D eigenvalue weighted by molar-refractivity contribution is 14.0. The lowest BCUT2D eigenvalue weighted by Gasteiger charge is -2.24. The van der Waals surface area contributed by atoms with Gasteiger partial charge in [-0.3, -0.25) is 4.99 Å². The highest BCUT2D eigenvalue weighted by Gasteiger charge is 2.14. The Kier molecular flexibility index (Phi) is 13.2. The maximum absolute atomic E-state index is 5.62. The smallest absolute Gasteiger partial charge is 0.191 e. The van der Waals surface area contributed by atoms with E-state index in [2.05, 4.69) is 48.7 Å². The average molecular weight is 530 g/mol. The molecule has 0 fully saturated rings. The van der Waals surface area contributed by atoms with E-state index in [-0.39, 0.29) is 30.0 Å². The molecular formula is C22H35IN4O3. The van der Waals surface area contributed by atoms with Gasteiger partial charge in [-0.2, -0.15) is 0 Å². The first-order valence-electron chi connectivity index (χ1n) is 10.1. The zero-order chi connectivity index (χ0) is 20.9. The molecule has 0 aliphatic heterocycles. The second-order valence-electron chi connectivity index (χ2n) is 6.89. The van der Waals surface area contributed by atoms with Crippen molar-refractivity contribution < 1.29 is 13.9 Å². The molecule has 168 valence electrons. The molecule has 0 aliphatic rings. The summed E-state index contributed by atoms with van der Waals surface area (Å²) in [6, 6.07) is 12.1. The Morgan fingerprint density at radius 3 is 2.70 bits per heavy atom. The number of halogens is 1. The molecule has 2 rings (SSSR count). The van der Waals surface area contributed by atoms with Crippen LogP contribution in [0.5, 0.6) is 5.75 Å². The van der Waals surface area contributed by atoms with Gasteiger partial charge in [0.25, 0.3) is 0 Å². The van der Waals surface area contributed by atoms with Crippen molar-refractivity contribution in [3.63, 3.8) is 0 Å². The van der Waals surface area contributed by atoms with Crippen molar-refractivity contribution >= 4 is 29.9 Å². The van der Waals surface area contributed by atoms with E-state index in [1.54, 1.807) is 13.4 Å². The van der Waals surface area contributed by atoms with Crippen LogP contribution in [0.15, 0.2) is 52.1 Å². The monoisotopic (exact) mass is 530 g/mol. The van der Waals surface area contributed by atoms with Crippen molar-refractivity contribution in [2.75, 3.05) is 47.4 Å². The minimum Gasteiger partial charge on any atom is -0.497 e. The fourth-order valence-electron chi connectivity index (χ4n) is 2.88. The average Bonchev–Trinajstić information content (AvgIpc) is 3.24. The molecular weight excluding hydrogens is 495 g/mol. The molecule has 2 aromatic rings. The molecule has 7 nitrogen and oxygen atoms in total. The normalized spacial score (nSPS) is 12.4. The van der Waals surface area contributed by atoms with Crippen LogP contribution in [0.4, 0.5) is 0 Å². The first-order chi connectivity index (χ1) is 14.1. The van der Waals surface area contributed by atoms with Crippen LogP contribution in [-0.2, 0) is 11.3 Å². The van der Waals surface area contributed by atoms with E-state index >= 15 is 0 Å². The zero-order valence-corrected chi connectivity index (χ0v) is 20.7. The number of furan rings is 1. The molecule has 0 saturated carbocycles. The number of likely N-dealkylation sites (N-methyl/N-ethyl adjacent to an activating group) is 1. The third-order valence-corrected chi connectivity index (χ3v) is 4.45. The molecule has 1 heterocycles. The molecule has 2 N–H and O–H groups in total. The lowest BCUT2D eigenvalue weighted by molar-refractivity contribution is 0.105. The van der Waals surface area contributed by atoms with Gasteiger partial charge in [0.15, 0.2) is 5.96 Å². The van der Waals surface area contributed by atoms with E-state index < -0.39 is 0 Å². The van der Waals surface area contributed by atoms with Crippen molar-refractivity contribution in [1.82, 2.24) is 15.5 Å². The number of hydrogen-bond donors (Lipinski definition) is 2. The first-order valence-corrected chi connectivity index (χ1v) is 10.1. The Bertz CT molecular complexity index is 723. The lowest BCUT2D eigenvalue weighted by Crippen LogP contribution is -2.38. The number of aliphatic imine (C=N–C) groups is 1. The van der Waals surface area contributed by atoms with Crippen LogP contribution in [0.3, 0.4) is 0 Å². The first kappa shape index (κ1) is 26.3. The Hall–Kier alpha value is -1.78. The van der Waals surface area contributed by atoms with Gasteiger partial charge in [0.05, 0.1) is 26.0 Å². The van der Waals surface area contributed by atoms with E-state index in [1.807, 2.05) is 24.3 Å². The maximum atomic E-state index is 5.62. The summed E-state index contributed by atoms with van der Waals surface area (Å²) < 4.78 is 16.2. The van der Waals surface area contributed by atoms with Crippen molar-refractivity contribution in [3.8, 4) is 5.75 Å². The van der Waals surface area contributed by atoms with E-state index in [1.165, 1.54) is 5.56 Å². The minimum absolute atomic E-state index is 0. The molecule has 0 bridgehead atoms. The third-order valence-electron chi connectivity index (χ3n) is 4.45. The molecule has 0 amide bonds. The molecule has 0 saturated heterocycles. The Morgan fingerprint density at radius 1 is 1.20 bits per heavy atom. The van der Waals surface area contributed by atoms with E-state index in [4.69, 9.17) is 18.9 Å². The molecule has 30 heavy (non-hydrogen) atoms. The molecule has 1 aromatic carbocycles. The summed E-state index contributed by atoms with van der Waals surface area (Å²) in [5.41, 5.74) is 1.18. The van der Waals surface area contributed by atoms with Gasteiger partial charge >= 0.3 is 0 Å². The van der Waals surface area contributed by atoms with E-state index in [9.17, 15) is 0 Å². The number of methoxy groups -OCH3 is 1. The predicted molar refractivity (Wildman–Crippen MR) is 132 cm³/mol. The Balaban J connectivity index is 0.00000450. The fourth-order valence-corrected chi connectivity index (χ4v) is 2.88. The molecule has 0 radical (unpaired) electrons. The number of nitrogens with zero attached hydrogens (tertiary/aromatic N) is 2. The Morgan fingerprint density at radius 2 is 2.03 bits per heavy atom. The zero-order valence-electron chi connectivity index (χ0n) is 18.4. The van der Waals surface area contributed by atoms with Crippen LogP contribution >= 0.6 is 24.0 Å².